The van der Waals surface area contributed by atoms with Crippen LogP contribution in [0, 0.1) is 5.92 Å². The van der Waals surface area contributed by atoms with E-state index in [0.717, 1.165) is 48.3 Å². The SMILES string of the molecule is CCCCCCCCOc1ccc(-c2ccc(C(C)OC(=O)CCC(C)CC)cc2)cc1. The molecule has 32 heavy (non-hydrogen) atoms. The van der Waals surface area contributed by atoms with Crippen molar-refractivity contribution in [1.29, 1.82) is 0 Å². The van der Waals surface area contributed by atoms with Gasteiger partial charge in [0.2, 0.25) is 0 Å². The molecule has 2 aromatic carbocycles. The second-order valence-electron chi connectivity index (χ2n) is 8.95. The molecular formula is C29H42O3. The number of hydrogen-bond acceptors (Lipinski definition) is 3. The summed E-state index contributed by atoms with van der Waals surface area (Å²) in [5.41, 5.74) is 3.32. The minimum absolute atomic E-state index is 0.113. The Morgan fingerprint density at radius 2 is 1.41 bits per heavy atom. The van der Waals surface area contributed by atoms with Crippen molar-refractivity contribution in [3.8, 4) is 16.9 Å². The zero-order chi connectivity index (χ0) is 23.2. The van der Waals surface area contributed by atoms with Crippen LogP contribution >= 0.6 is 0 Å². The first-order valence-electron chi connectivity index (χ1n) is 12.6. The van der Waals surface area contributed by atoms with E-state index in [-0.39, 0.29) is 12.1 Å². The largest absolute Gasteiger partial charge is 0.494 e. The number of carbonyl (C=O) groups excluding carboxylic acids is 1. The van der Waals surface area contributed by atoms with Gasteiger partial charge in [-0.15, -0.1) is 0 Å². The van der Waals surface area contributed by atoms with E-state index >= 15 is 0 Å². The lowest BCUT2D eigenvalue weighted by Gasteiger charge is -2.15. The van der Waals surface area contributed by atoms with Crippen LogP contribution in [-0.2, 0) is 9.53 Å². The van der Waals surface area contributed by atoms with Crippen LogP contribution < -0.4 is 4.74 Å². The Morgan fingerprint density at radius 1 is 0.812 bits per heavy atom. The third-order valence-electron chi connectivity index (χ3n) is 6.18. The van der Waals surface area contributed by atoms with Gasteiger partial charge in [0.1, 0.15) is 11.9 Å². The molecule has 0 radical (unpaired) electrons. The highest BCUT2D eigenvalue weighted by Gasteiger charge is 2.13. The standard InChI is InChI=1S/C29H42O3/c1-5-7-8-9-10-11-22-31-28-19-17-27(18-20-28)26-15-13-25(14-16-26)24(4)32-29(30)21-12-23(3)6-2/h13-20,23-24H,5-12,21-22H2,1-4H3. The number of carbonyl (C=O) groups is 1. The highest BCUT2D eigenvalue weighted by molar-refractivity contribution is 5.70. The van der Waals surface area contributed by atoms with Crippen molar-refractivity contribution in [1.82, 2.24) is 0 Å². The molecule has 0 aliphatic carbocycles. The van der Waals surface area contributed by atoms with E-state index in [0.29, 0.717) is 12.3 Å². The van der Waals surface area contributed by atoms with Crippen molar-refractivity contribution in [3.63, 3.8) is 0 Å². The van der Waals surface area contributed by atoms with Gasteiger partial charge >= 0.3 is 5.97 Å². The fourth-order valence-electron chi connectivity index (χ4n) is 3.66. The predicted molar refractivity (Wildman–Crippen MR) is 134 cm³/mol. The molecule has 0 N–H and O–H groups in total. The smallest absolute Gasteiger partial charge is 0.306 e. The summed E-state index contributed by atoms with van der Waals surface area (Å²) in [7, 11) is 0. The fourth-order valence-corrected chi connectivity index (χ4v) is 3.66. The molecule has 2 unspecified atom stereocenters. The molecule has 0 saturated carbocycles. The highest BCUT2D eigenvalue weighted by atomic mass is 16.5. The summed E-state index contributed by atoms with van der Waals surface area (Å²) in [5.74, 6) is 1.37. The maximum absolute atomic E-state index is 12.1. The highest BCUT2D eigenvalue weighted by Crippen LogP contribution is 2.26. The van der Waals surface area contributed by atoms with Crippen LogP contribution in [-0.4, -0.2) is 12.6 Å². The molecule has 0 amide bonds. The molecule has 0 aromatic heterocycles. The summed E-state index contributed by atoms with van der Waals surface area (Å²) in [6.45, 7) is 9.29. The maximum Gasteiger partial charge on any atom is 0.306 e. The lowest BCUT2D eigenvalue weighted by atomic mass is 10.0. The maximum atomic E-state index is 12.1. The Kier molecular flexibility index (Phi) is 11.9. The predicted octanol–water partition coefficient (Wildman–Crippen LogP) is 8.52. The van der Waals surface area contributed by atoms with Gasteiger partial charge in [-0.1, -0.05) is 95.7 Å². The van der Waals surface area contributed by atoms with E-state index in [2.05, 4.69) is 45.0 Å². The number of esters is 1. The fraction of sp³-hybridized carbons (Fsp3) is 0.552. The molecule has 0 fully saturated rings. The van der Waals surface area contributed by atoms with Crippen molar-refractivity contribution in [3.05, 3.63) is 54.1 Å². The summed E-state index contributed by atoms with van der Waals surface area (Å²) >= 11 is 0. The first-order valence-corrected chi connectivity index (χ1v) is 12.6. The Bertz CT molecular complexity index is 764. The Hall–Kier alpha value is -2.29. The second kappa shape index (κ2) is 14.7. The van der Waals surface area contributed by atoms with Gasteiger partial charge in [0.15, 0.2) is 0 Å². The molecule has 2 atom stereocenters. The van der Waals surface area contributed by atoms with Crippen LogP contribution in [0.25, 0.3) is 11.1 Å². The van der Waals surface area contributed by atoms with Gasteiger partial charge in [-0.2, -0.15) is 0 Å². The van der Waals surface area contributed by atoms with Gasteiger partial charge in [0.25, 0.3) is 0 Å². The summed E-state index contributed by atoms with van der Waals surface area (Å²) < 4.78 is 11.5. The number of hydrogen-bond donors (Lipinski definition) is 0. The van der Waals surface area contributed by atoms with Crippen molar-refractivity contribution in [2.75, 3.05) is 6.61 Å². The second-order valence-corrected chi connectivity index (χ2v) is 8.95. The van der Waals surface area contributed by atoms with E-state index < -0.39 is 0 Å². The molecule has 2 aromatic rings. The van der Waals surface area contributed by atoms with E-state index in [4.69, 9.17) is 9.47 Å². The first-order chi connectivity index (χ1) is 15.5. The molecule has 0 saturated heterocycles. The first kappa shape index (κ1) is 26.0. The van der Waals surface area contributed by atoms with E-state index in [9.17, 15) is 4.79 Å². The average Bonchev–Trinajstić information content (AvgIpc) is 2.82. The van der Waals surface area contributed by atoms with E-state index in [1.165, 1.54) is 32.1 Å². The van der Waals surface area contributed by atoms with Crippen molar-refractivity contribution < 1.29 is 14.3 Å². The quantitative estimate of drug-likeness (QED) is 0.206. The number of unbranched alkanes of at least 4 members (excludes halogenated alkanes) is 5. The van der Waals surface area contributed by atoms with Gasteiger partial charge in [0.05, 0.1) is 6.61 Å². The van der Waals surface area contributed by atoms with Crippen LogP contribution in [0.3, 0.4) is 0 Å². The normalized spacial score (nSPS) is 12.9. The zero-order valence-electron chi connectivity index (χ0n) is 20.6. The third-order valence-corrected chi connectivity index (χ3v) is 6.18. The number of rotatable bonds is 15. The molecule has 0 heterocycles. The van der Waals surface area contributed by atoms with Crippen LogP contribution in [0.5, 0.6) is 5.75 Å². The van der Waals surface area contributed by atoms with Crippen LogP contribution in [0.2, 0.25) is 0 Å². The summed E-state index contributed by atoms with van der Waals surface area (Å²) in [6, 6.07) is 16.6. The number of benzene rings is 2. The van der Waals surface area contributed by atoms with Gasteiger partial charge in [-0.05, 0) is 54.5 Å². The molecule has 0 aliphatic heterocycles. The molecule has 0 bridgehead atoms. The van der Waals surface area contributed by atoms with Gasteiger partial charge in [-0.25, -0.2) is 0 Å². The van der Waals surface area contributed by atoms with Crippen molar-refractivity contribution in [2.24, 2.45) is 5.92 Å². The lowest BCUT2D eigenvalue weighted by molar-refractivity contribution is -0.148. The summed E-state index contributed by atoms with van der Waals surface area (Å²) in [4.78, 5) is 12.1. The van der Waals surface area contributed by atoms with E-state index in [1.54, 1.807) is 0 Å². The van der Waals surface area contributed by atoms with Crippen LogP contribution in [0.4, 0.5) is 0 Å². The van der Waals surface area contributed by atoms with Gasteiger partial charge < -0.3 is 9.47 Å². The lowest BCUT2D eigenvalue weighted by Crippen LogP contribution is -2.10. The van der Waals surface area contributed by atoms with E-state index in [1.807, 2.05) is 31.2 Å². The topological polar surface area (TPSA) is 35.5 Å². The molecule has 176 valence electrons. The summed E-state index contributed by atoms with van der Waals surface area (Å²) in [6.07, 6.45) is 9.88. The monoisotopic (exact) mass is 438 g/mol. The van der Waals surface area contributed by atoms with Gasteiger partial charge in [-0.3, -0.25) is 4.79 Å². The minimum atomic E-state index is -0.230. The number of ether oxygens (including phenoxy) is 2. The van der Waals surface area contributed by atoms with Crippen molar-refractivity contribution >= 4 is 5.97 Å². The molecule has 2 rings (SSSR count). The Labute approximate surface area is 195 Å². The average molecular weight is 439 g/mol. The molecule has 0 spiro atoms. The van der Waals surface area contributed by atoms with Crippen molar-refractivity contribution in [2.45, 2.75) is 91.6 Å². The molecule has 0 aliphatic rings. The Balaban J connectivity index is 1.78. The van der Waals surface area contributed by atoms with Gasteiger partial charge in [0, 0.05) is 6.42 Å². The van der Waals surface area contributed by atoms with Crippen LogP contribution in [0.15, 0.2) is 48.5 Å². The Morgan fingerprint density at radius 3 is 2.03 bits per heavy atom. The molecule has 3 heteroatoms. The molecular weight excluding hydrogens is 396 g/mol. The third kappa shape index (κ3) is 9.46. The zero-order valence-corrected chi connectivity index (χ0v) is 20.6. The summed E-state index contributed by atoms with van der Waals surface area (Å²) in [5, 5.41) is 0. The molecule has 3 nitrogen and oxygen atoms in total. The van der Waals surface area contributed by atoms with Crippen LogP contribution in [0.1, 0.15) is 97.1 Å². The minimum Gasteiger partial charge on any atom is -0.494 e.